The third-order valence-electron chi connectivity index (χ3n) is 3.46. The molecule has 0 unspecified atom stereocenters. The van der Waals surface area contributed by atoms with E-state index in [1.807, 2.05) is 36.4 Å². The molecule has 0 atom stereocenters. The quantitative estimate of drug-likeness (QED) is 0.524. The summed E-state index contributed by atoms with van der Waals surface area (Å²) in [5.74, 6) is 0.305. The van der Waals surface area contributed by atoms with Gasteiger partial charge in [0.2, 0.25) is 0 Å². The number of methoxy groups -OCH3 is 1. The van der Waals surface area contributed by atoms with E-state index in [0.29, 0.717) is 16.5 Å². The van der Waals surface area contributed by atoms with Gasteiger partial charge in [0.05, 0.1) is 18.4 Å². The zero-order chi connectivity index (χ0) is 16.8. The van der Waals surface area contributed by atoms with Crippen LogP contribution < -0.4 is 5.73 Å². The predicted octanol–water partition coefficient (Wildman–Crippen LogP) is 3.97. The lowest BCUT2D eigenvalue weighted by atomic mass is 10.1. The summed E-state index contributed by atoms with van der Waals surface area (Å²) in [5.41, 5.74) is 10.8. The van der Waals surface area contributed by atoms with Crippen molar-refractivity contribution in [1.29, 1.82) is 0 Å². The number of hydrogen-bond donors (Lipinski definition) is 1. The molecule has 0 fully saturated rings. The van der Waals surface area contributed by atoms with E-state index in [4.69, 9.17) is 10.5 Å². The van der Waals surface area contributed by atoms with Crippen LogP contribution in [0.5, 0.6) is 0 Å². The van der Waals surface area contributed by atoms with Crippen molar-refractivity contribution in [2.24, 2.45) is 10.7 Å². The first-order valence-electron chi connectivity index (χ1n) is 7.21. The number of esters is 1. The van der Waals surface area contributed by atoms with Crippen molar-refractivity contribution in [3.63, 3.8) is 0 Å². The average Bonchev–Trinajstić information content (AvgIpc) is 2.56. The molecule has 2 rings (SSSR count). The normalized spacial score (nSPS) is 11.3. The number of thioether (sulfide) groups is 1. The summed E-state index contributed by atoms with van der Waals surface area (Å²) in [6, 6.07) is 13.3. The highest BCUT2D eigenvalue weighted by Crippen LogP contribution is 2.20. The van der Waals surface area contributed by atoms with Crippen molar-refractivity contribution in [1.82, 2.24) is 0 Å². The zero-order valence-electron chi connectivity index (χ0n) is 13.5. The molecule has 0 heterocycles. The number of nitrogens with zero attached hydrogens (tertiary/aromatic N) is 1. The van der Waals surface area contributed by atoms with Crippen LogP contribution in [0.1, 0.15) is 27.0 Å². The molecule has 2 aromatic carbocycles. The van der Waals surface area contributed by atoms with E-state index >= 15 is 0 Å². The Bertz CT molecular complexity index is 742. The number of aryl methyl sites for hydroxylation is 2. The predicted molar refractivity (Wildman–Crippen MR) is 96.3 cm³/mol. The Balaban J connectivity index is 2.03. The number of amidine groups is 1. The molecule has 0 aliphatic heterocycles. The van der Waals surface area contributed by atoms with E-state index in [2.05, 4.69) is 18.8 Å². The van der Waals surface area contributed by atoms with Gasteiger partial charge in [-0.15, -0.1) is 0 Å². The van der Waals surface area contributed by atoms with Crippen LogP contribution in [0.25, 0.3) is 0 Å². The topological polar surface area (TPSA) is 64.7 Å². The second-order valence-corrected chi connectivity index (χ2v) is 6.19. The SMILES string of the molecule is COC(=O)c1cccc(CSC(N)=Nc2ccc(C)c(C)c2)c1. The number of carbonyl (C=O) groups excluding carboxylic acids is 1. The van der Waals surface area contributed by atoms with Crippen molar-refractivity contribution in [2.75, 3.05) is 7.11 Å². The first-order valence-corrected chi connectivity index (χ1v) is 8.19. The molecule has 23 heavy (non-hydrogen) atoms. The molecule has 0 bridgehead atoms. The molecule has 0 saturated carbocycles. The van der Waals surface area contributed by atoms with Gasteiger partial charge in [0.15, 0.2) is 5.17 Å². The Labute approximate surface area is 140 Å². The minimum Gasteiger partial charge on any atom is -0.465 e. The number of rotatable bonds is 4. The smallest absolute Gasteiger partial charge is 0.337 e. The summed E-state index contributed by atoms with van der Waals surface area (Å²) in [7, 11) is 1.37. The second-order valence-electron chi connectivity index (χ2n) is 5.20. The lowest BCUT2D eigenvalue weighted by Gasteiger charge is -2.05. The average molecular weight is 328 g/mol. The maximum Gasteiger partial charge on any atom is 0.337 e. The number of aliphatic imine (C=N–C) groups is 1. The molecule has 5 heteroatoms. The third-order valence-corrected chi connectivity index (χ3v) is 4.33. The Hall–Kier alpha value is -2.27. The minimum atomic E-state index is -0.339. The summed E-state index contributed by atoms with van der Waals surface area (Å²) in [4.78, 5) is 15.9. The summed E-state index contributed by atoms with van der Waals surface area (Å²) < 4.78 is 4.72. The van der Waals surface area contributed by atoms with E-state index in [9.17, 15) is 4.79 Å². The standard InChI is InChI=1S/C18H20N2O2S/c1-12-7-8-16(9-13(12)2)20-18(19)23-11-14-5-4-6-15(10-14)17(21)22-3/h4-10H,11H2,1-3H3,(H2,19,20). The van der Waals surface area contributed by atoms with Crippen LogP contribution in [0, 0.1) is 13.8 Å². The number of ether oxygens (including phenoxy) is 1. The first kappa shape index (κ1) is 17.1. The number of benzene rings is 2. The van der Waals surface area contributed by atoms with Crippen molar-refractivity contribution < 1.29 is 9.53 Å². The van der Waals surface area contributed by atoms with Gasteiger partial charge in [-0.2, -0.15) is 0 Å². The monoisotopic (exact) mass is 328 g/mol. The van der Waals surface area contributed by atoms with Crippen molar-refractivity contribution in [3.05, 3.63) is 64.7 Å². The van der Waals surface area contributed by atoms with Gasteiger partial charge in [0.25, 0.3) is 0 Å². The van der Waals surface area contributed by atoms with Crippen LogP contribution in [0.3, 0.4) is 0 Å². The molecule has 120 valence electrons. The Morgan fingerprint density at radius 3 is 2.65 bits per heavy atom. The summed E-state index contributed by atoms with van der Waals surface area (Å²) >= 11 is 1.44. The summed E-state index contributed by atoms with van der Waals surface area (Å²) in [5, 5.41) is 0.497. The Morgan fingerprint density at radius 1 is 1.17 bits per heavy atom. The maximum atomic E-state index is 11.5. The lowest BCUT2D eigenvalue weighted by Crippen LogP contribution is -2.06. The van der Waals surface area contributed by atoms with E-state index in [-0.39, 0.29) is 5.97 Å². The molecule has 0 saturated heterocycles. The maximum absolute atomic E-state index is 11.5. The molecule has 0 amide bonds. The molecule has 0 radical (unpaired) electrons. The molecule has 0 aliphatic carbocycles. The van der Waals surface area contributed by atoms with Crippen LogP contribution in [-0.2, 0) is 10.5 Å². The minimum absolute atomic E-state index is 0.339. The number of hydrogen-bond acceptors (Lipinski definition) is 4. The fourth-order valence-corrected chi connectivity index (χ4v) is 2.68. The molecule has 0 aromatic heterocycles. The largest absolute Gasteiger partial charge is 0.465 e. The first-order chi connectivity index (χ1) is 11.0. The number of carbonyl (C=O) groups is 1. The highest BCUT2D eigenvalue weighted by atomic mass is 32.2. The van der Waals surface area contributed by atoms with Crippen LogP contribution >= 0.6 is 11.8 Å². The van der Waals surface area contributed by atoms with Crippen LogP contribution in [0.15, 0.2) is 47.5 Å². The van der Waals surface area contributed by atoms with Gasteiger partial charge >= 0.3 is 5.97 Å². The van der Waals surface area contributed by atoms with E-state index in [0.717, 1.165) is 11.3 Å². The fraction of sp³-hybridized carbons (Fsp3) is 0.222. The molecule has 4 nitrogen and oxygen atoms in total. The fourth-order valence-electron chi connectivity index (χ4n) is 2.02. The van der Waals surface area contributed by atoms with Crippen molar-refractivity contribution in [2.45, 2.75) is 19.6 Å². The Morgan fingerprint density at radius 2 is 1.96 bits per heavy atom. The molecular formula is C18H20N2O2S. The molecule has 0 aliphatic rings. The van der Waals surface area contributed by atoms with Crippen molar-refractivity contribution in [3.8, 4) is 0 Å². The van der Waals surface area contributed by atoms with E-state index in [1.165, 1.54) is 30.0 Å². The van der Waals surface area contributed by atoms with Gasteiger partial charge in [-0.25, -0.2) is 9.79 Å². The van der Waals surface area contributed by atoms with Gasteiger partial charge in [-0.3, -0.25) is 0 Å². The van der Waals surface area contributed by atoms with Gasteiger partial charge in [-0.1, -0.05) is 30.0 Å². The molecule has 2 N–H and O–H groups in total. The highest BCUT2D eigenvalue weighted by molar-refractivity contribution is 8.13. The second kappa shape index (κ2) is 7.83. The van der Waals surface area contributed by atoms with Gasteiger partial charge in [0.1, 0.15) is 0 Å². The molecule has 2 aromatic rings. The van der Waals surface area contributed by atoms with Crippen LogP contribution in [0.2, 0.25) is 0 Å². The summed E-state index contributed by atoms with van der Waals surface area (Å²) in [6.45, 7) is 4.12. The van der Waals surface area contributed by atoms with Gasteiger partial charge in [-0.05, 0) is 54.8 Å². The molecule has 0 spiro atoms. The zero-order valence-corrected chi connectivity index (χ0v) is 14.3. The van der Waals surface area contributed by atoms with E-state index < -0.39 is 0 Å². The summed E-state index contributed by atoms with van der Waals surface area (Å²) in [6.07, 6.45) is 0. The van der Waals surface area contributed by atoms with E-state index in [1.54, 1.807) is 6.07 Å². The highest BCUT2D eigenvalue weighted by Gasteiger charge is 2.06. The van der Waals surface area contributed by atoms with Crippen LogP contribution in [0.4, 0.5) is 5.69 Å². The Kier molecular flexibility index (Phi) is 5.82. The molecular weight excluding hydrogens is 308 g/mol. The number of nitrogens with two attached hydrogens (primary N) is 1. The van der Waals surface area contributed by atoms with Gasteiger partial charge in [0, 0.05) is 5.75 Å². The lowest BCUT2D eigenvalue weighted by molar-refractivity contribution is 0.0600. The van der Waals surface area contributed by atoms with Gasteiger partial charge < -0.3 is 10.5 Å². The van der Waals surface area contributed by atoms with Crippen molar-refractivity contribution >= 4 is 28.6 Å². The third kappa shape index (κ3) is 4.86. The van der Waals surface area contributed by atoms with Crippen LogP contribution in [-0.4, -0.2) is 18.2 Å².